The molecule has 0 unspecified atom stereocenters. The first-order chi connectivity index (χ1) is 12.3. The summed E-state index contributed by atoms with van der Waals surface area (Å²) in [6.45, 7) is 0.118. The molecule has 2 aromatic rings. The molecule has 0 atom stereocenters. The third-order valence-electron chi connectivity index (χ3n) is 2.80. The normalized spacial score (nSPS) is 12.2. The number of benzene rings is 1. The second-order valence-electron chi connectivity index (χ2n) is 4.73. The molecule has 0 spiro atoms. The molecule has 142 valence electrons. The lowest BCUT2D eigenvalue weighted by atomic mass is 10.3. The number of hydroxylamine groups is 1. The molecule has 1 heterocycles. The summed E-state index contributed by atoms with van der Waals surface area (Å²) in [4.78, 5) is 4.07. The first kappa shape index (κ1) is 20.2. The zero-order valence-electron chi connectivity index (χ0n) is 13.0. The Kier molecular flexibility index (Phi) is 6.98. The van der Waals surface area contributed by atoms with Crippen molar-refractivity contribution in [2.45, 2.75) is 6.42 Å². The number of nitrogens with two attached hydrogens (primary N) is 1. The van der Waals surface area contributed by atoms with E-state index in [0.717, 1.165) is 0 Å². The quantitative estimate of drug-likeness (QED) is 0.195. The molecule has 0 aliphatic heterocycles. The molecule has 26 heavy (non-hydrogen) atoms. The zero-order chi connectivity index (χ0) is 19.2. The van der Waals surface area contributed by atoms with E-state index in [4.69, 9.17) is 9.88 Å². The summed E-state index contributed by atoms with van der Waals surface area (Å²) in [5.41, 5.74) is 2.11. The van der Waals surface area contributed by atoms with Gasteiger partial charge in [-0.15, -0.1) is 0 Å². The van der Waals surface area contributed by atoms with Crippen molar-refractivity contribution in [2.24, 2.45) is 10.1 Å². The van der Waals surface area contributed by atoms with Gasteiger partial charge >= 0.3 is 0 Å². The highest BCUT2D eigenvalue weighted by Gasteiger charge is 2.18. The largest absolute Gasteiger partial charge is 0.474 e. The van der Waals surface area contributed by atoms with E-state index in [1.165, 1.54) is 18.2 Å². The molecule has 0 saturated heterocycles. The Morgan fingerprint density at radius 1 is 1.46 bits per heavy atom. The summed E-state index contributed by atoms with van der Waals surface area (Å²) in [6.07, 6.45) is 0.284. The number of aromatic nitrogens is 2. The topological polar surface area (TPSA) is 165 Å². The van der Waals surface area contributed by atoms with Gasteiger partial charge in [0.05, 0.1) is 16.8 Å². The fourth-order valence-electron chi connectivity index (χ4n) is 1.69. The first-order valence-electron chi connectivity index (χ1n) is 6.97. The molecule has 11 nitrogen and oxygen atoms in total. The van der Waals surface area contributed by atoms with Crippen molar-refractivity contribution in [1.82, 2.24) is 20.5 Å². The number of rotatable bonds is 8. The lowest BCUT2D eigenvalue weighted by Gasteiger charge is -2.06. The Morgan fingerprint density at radius 3 is 2.88 bits per heavy atom. The smallest absolute Gasteiger partial charge is 0.287 e. The Balaban J connectivity index is 2.06. The van der Waals surface area contributed by atoms with Crippen molar-refractivity contribution in [3.63, 3.8) is 0 Å². The minimum atomic E-state index is -3.77. The predicted molar refractivity (Wildman–Crippen MR) is 90.7 cm³/mol. The van der Waals surface area contributed by atoms with Crippen molar-refractivity contribution < 1.29 is 27.4 Å². The number of nitrogens with zero attached hydrogens (tertiary/aromatic N) is 3. The fraction of sp³-hybridized carbons (Fsp3) is 0.250. The molecule has 0 amide bonds. The van der Waals surface area contributed by atoms with E-state index in [9.17, 15) is 18.0 Å². The minimum absolute atomic E-state index is 0.0349. The van der Waals surface area contributed by atoms with Crippen LogP contribution in [0.4, 0.5) is 10.1 Å². The van der Waals surface area contributed by atoms with Gasteiger partial charge in [0.15, 0.2) is 5.84 Å². The van der Waals surface area contributed by atoms with Gasteiger partial charge < -0.3 is 4.74 Å². The average molecular weight is 453 g/mol. The van der Waals surface area contributed by atoms with Crippen LogP contribution in [-0.4, -0.2) is 42.9 Å². The highest BCUT2D eigenvalue weighted by atomic mass is 79.9. The van der Waals surface area contributed by atoms with Crippen LogP contribution in [0.1, 0.15) is 12.1 Å². The summed E-state index contributed by atoms with van der Waals surface area (Å²) < 4.78 is 46.9. The molecule has 0 radical (unpaired) electrons. The standard InChI is InChI=1S/C12H14BrFN6O5S/c13-8-6-7(2-3-9(8)14)17-11(18-21)10-12(20-25-19-10)24-5-1-4-16-26(15,22)23/h2-3,6,16,21H,1,4-5H2,(H,17,18)(H2,15,22,23). The first-order valence-corrected chi connectivity index (χ1v) is 9.31. The van der Waals surface area contributed by atoms with E-state index in [0.29, 0.717) is 5.69 Å². The summed E-state index contributed by atoms with van der Waals surface area (Å²) in [6, 6.07) is 3.96. The molecular formula is C12H14BrFN6O5S. The molecular weight excluding hydrogens is 439 g/mol. The summed E-state index contributed by atoms with van der Waals surface area (Å²) >= 11 is 3.03. The van der Waals surface area contributed by atoms with Gasteiger partial charge in [0.25, 0.3) is 16.1 Å². The van der Waals surface area contributed by atoms with E-state index in [2.05, 4.69) is 40.6 Å². The van der Waals surface area contributed by atoms with Crippen LogP contribution in [0.25, 0.3) is 0 Å². The number of hydrogen-bond donors (Lipinski definition) is 4. The lowest BCUT2D eigenvalue weighted by molar-refractivity contribution is 0.233. The van der Waals surface area contributed by atoms with Crippen molar-refractivity contribution in [3.05, 3.63) is 34.2 Å². The number of nitrogens with one attached hydrogen (secondary N) is 2. The van der Waals surface area contributed by atoms with Gasteiger partial charge in [-0.25, -0.2) is 23.9 Å². The molecule has 0 bridgehead atoms. The Hall–Kier alpha value is -2.13. The maximum absolute atomic E-state index is 13.3. The van der Waals surface area contributed by atoms with Crippen LogP contribution in [0.15, 0.2) is 32.3 Å². The third-order valence-corrected chi connectivity index (χ3v) is 4.01. The van der Waals surface area contributed by atoms with Gasteiger partial charge in [-0.1, -0.05) is 0 Å². The molecule has 2 rings (SSSR count). The highest BCUT2D eigenvalue weighted by molar-refractivity contribution is 9.10. The van der Waals surface area contributed by atoms with Crippen LogP contribution >= 0.6 is 15.9 Å². The lowest BCUT2D eigenvalue weighted by Crippen LogP contribution is -2.32. The molecule has 1 aromatic heterocycles. The number of hydrogen-bond acceptors (Lipinski definition) is 8. The van der Waals surface area contributed by atoms with E-state index >= 15 is 0 Å². The van der Waals surface area contributed by atoms with Gasteiger partial charge in [-0.05, 0) is 50.9 Å². The van der Waals surface area contributed by atoms with Crippen LogP contribution in [0.5, 0.6) is 5.88 Å². The Morgan fingerprint density at radius 2 is 2.23 bits per heavy atom. The van der Waals surface area contributed by atoms with Crippen molar-refractivity contribution in [1.29, 1.82) is 0 Å². The minimum Gasteiger partial charge on any atom is -0.474 e. The SMILES string of the molecule is NS(=O)(=O)NCCCOc1nonc1C(=Nc1ccc(F)c(Br)c1)NO. The molecule has 0 aliphatic rings. The molecule has 0 fully saturated rings. The third kappa shape index (κ3) is 5.99. The number of halogens is 2. The maximum atomic E-state index is 13.3. The molecule has 0 saturated carbocycles. The monoisotopic (exact) mass is 452 g/mol. The summed E-state index contributed by atoms with van der Waals surface area (Å²) in [7, 11) is -3.77. The number of ether oxygens (including phenoxy) is 1. The van der Waals surface area contributed by atoms with Crippen molar-refractivity contribution in [2.75, 3.05) is 13.2 Å². The second kappa shape index (κ2) is 9.00. The van der Waals surface area contributed by atoms with Gasteiger partial charge in [-0.3, -0.25) is 10.7 Å². The molecule has 5 N–H and O–H groups in total. The average Bonchev–Trinajstić information content (AvgIpc) is 3.03. The maximum Gasteiger partial charge on any atom is 0.287 e. The van der Waals surface area contributed by atoms with Crippen molar-refractivity contribution in [3.8, 4) is 5.88 Å². The van der Waals surface area contributed by atoms with Crippen molar-refractivity contribution >= 4 is 37.7 Å². The summed E-state index contributed by atoms with van der Waals surface area (Å²) in [5, 5.41) is 21.2. The fourth-order valence-corrected chi connectivity index (χ4v) is 2.49. The van der Waals surface area contributed by atoms with Crippen LogP contribution in [-0.2, 0) is 10.2 Å². The molecule has 0 aliphatic carbocycles. The molecule has 14 heteroatoms. The van der Waals surface area contributed by atoms with E-state index in [1.807, 2.05) is 5.48 Å². The van der Waals surface area contributed by atoms with E-state index in [-0.39, 0.29) is 41.5 Å². The van der Waals surface area contributed by atoms with Crippen LogP contribution in [0.3, 0.4) is 0 Å². The van der Waals surface area contributed by atoms with Crippen LogP contribution < -0.4 is 20.1 Å². The zero-order valence-corrected chi connectivity index (χ0v) is 15.4. The van der Waals surface area contributed by atoms with E-state index in [1.54, 1.807) is 0 Å². The Bertz CT molecular complexity index is 890. The number of aliphatic imine (C=N–C) groups is 1. The molecule has 1 aromatic carbocycles. The van der Waals surface area contributed by atoms with Gasteiger partial charge in [0.1, 0.15) is 5.82 Å². The van der Waals surface area contributed by atoms with Crippen LogP contribution in [0.2, 0.25) is 0 Å². The van der Waals surface area contributed by atoms with Gasteiger partial charge in [-0.2, -0.15) is 8.42 Å². The highest BCUT2D eigenvalue weighted by Crippen LogP contribution is 2.23. The van der Waals surface area contributed by atoms with Gasteiger partial charge in [0, 0.05) is 6.54 Å². The summed E-state index contributed by atoms with van der Waals surface area (Å²) in [5.74, 6) is -0.702. The van der Waals surface area contributed by atoms with E-state index < -0.39 is 16.0 Å². The predicted octanol–water partition coefficient (Wildman–Crippen LogP) is 0.590. The second-order valence-corrected chi connectivity index (χ2v) is 6.96. The number of amidine groups is 1. The van der Waals surface area contributed by atoms with Crippen LogP contribution in [0, 0.1) is 5.82 Å². The van der Waals surface area contributed by atoms with Gasteiger partial charge in [0.2, 0.25) is 5.69 Å². The Labute approximate surface area is 155 Å².